The summed E-state index contributed by atoms with van der Waals surface area (Å²) in [6.07, 6.45) is 6.90. The van der Waals surface area contributed by atoms with Crippen molar-refractivity contribution in [2.45, 2.75) is 58.3 Å². The van der Waals surface area contributed by atoms with Crippen LogP contribution in [0.15, 0.2) is 30.3 Å². The molecule has 0 N–H and O–H groups in total. The van der Waals surface area contributed by atoms with Gasteiger partial charge in [0.05, 0.1) is 5.56 Å². The summed E-state index contributed by atoms with van der Waals surface area (Å²) in [7, 11) is 0. The van der Waals surface area contributed by atoms with Crippen molar-refractivity contribution in [2.75, 3.05) is 0 Å². The standard InChI is InChI=1S/C25H26F4/c1-2-3-20-15-23(27)21(24(28)16-20)12-10-18-6-4-17(5-7-18)8-9-19-11-13-22(26)25(29)14-19/h11,13-18H,2-9H2,1H3. The Morgan fingerprint density at radius 3 is 2.07 bits per heavy atom. The van der Waals surface area contributed by atoms with E-state index in [-0.39, 0.29) is 11.5 Å². The molecule has 0 aromatic heterocycles. The number of aryl methyl sites for hydroxylation is 2. The van der Waals surface area contributed by atoms with Crippen LogP contribution in [0, 0.1) is 46.9 Å². The Morgan fingerprint density at radius 1 is 0.793 bits per heavy atom. The SMILES string of the molecule is CCCc1cc(F)c(C#CC2CCC(CCc3ccc(F)c(F)c3)CC2)c(F)c1. The van der Waals surface area contributed by atoms with Crippen molar-refractivity contribution in [3.05, 3.63) is 70.3 Å². The van der Waals surface area contributed by atoms with Crippen LogP contribution in [0.3, 0.4) is 0 Å². The van der Waals surface area contributed by atoms with E-state index in [1.807, 2.05) is 6.92 Å². The summed E-state index contributed by atoms with van der Waals surface area (Å²) in [6.45, 7) is 1.97. The Bertz CT molecular complexity index is 876. The monoisotopic (exact) mass is 402 g/mol. The maximum Gasteiger partial charge on any atom is 0.159 e. The van der Waals surface area contributed by atoms with Crippen molar-refractivity contribution in [3.63, 3.8) is 0 Å². The third kappa shape index (κ3) is 5.85. The number of hydrogen-bond donors (Lipinski definition) is 0. The van der Waals surface area contributed by atoms with Crippen LogP contribution < -0.4 is 0 Å². The van der Waals surface area contributed by atoms with E-state index >= 15 is 0 Å². The average molecular weight is 402 g/mol. The molecule has 1 fully saturated rings. The second-order valence-corrected chi connectivity index (χ2v) is 7.96. The van der Waals surface area contributed by atoms with Crippen LogP contribution >= 0.6 is 0 Å². The highest BCUT2D eigenvalue weighted by atomic mass is 19.2. The molecule has 4 heteroatoms. The first-order valence-electron chi connectivity index (χ1n) is 10.4. The lowest BCUT2D eigenvalue weighted by Gasteiger charge is -2.25. The van der Waals surface area contributed by atoms with E-state index in [1.165, 1.54) is 24.3 Å². The number of hydrogen-bond acceptors (Lipinski definition) is 0. The van der Waals surface area contributed by atoms with Gasteiger partial charge in [-0.15, -0.1) is 0 Å². The maximum absolute atomic E-state index is 14.2. The highest BCUT2D eigenvalue weighted by molar-refractivity contribution is 5.39. The van der Waals surface area contributed by atoms with Crippen LogP contribution in [0.4, 0.5) is 17.6 Å². The van der Waals surface area contributed by atoms with Crippen molar-refractivity contribution in [1.82, 2.24) is 0 Å². The van der Waals surface area contributed by atoms with E-state index in [1.54, 1.807) is 6.07 Å². The van der Waals surface area contributed by atoms with Gasteiger partial charge in [0.15, 0.2) is 11.6 Å². The number of rotatable bonds is 5. The Hall–Kier alpha value is -2.28. The topological polar surface area (TPSA) is 0 Å². The largest absolute Gasteiger partial charge is 0.206 e. The van der Waals surface area contributed by atoms with E-state index in [0.717, 1.165) is 50.5 Å². The van der Waals surface area contributed by atoms with E-state index in [0.29, 0.717) is 17.9 Å². The summed E-state index contributed by atoms with van der Waals surface area (Å²) >= 11 is 0. The molecule has 3 rings (SSSR count). The van der Waals surface area contributed by atoms with E-state index in [9.17, 15) is 17.6 Å². The second kappa shape index (κ2) is 9.96. The molecule has 1 aliphatic rings. The molecular formula is C25H26F4. The van der Waals surface area contributed by atoms with Gasteiger partial charge in [0.1, 0.15) is 11.6 Å². The molecular weight excluding hydrogens is 376 g/mol. The van der Waals surface area contributed by atoms with Crippen LogP contribution in [0.5, 0.6) is 0 Å². The van der Waals surface area contributed by atoms with Gasteiger partial charge in [0.2, 0.25) is 0 Å². The number of halogens is 4. The molecule has 0 radical (unpaired) electrons. The van der Waals surface area contributed by atoms with Crippen molar-refractivity contribution >= 4 is 0 Å². The van der Waals surface area contributed by atoms with Crippen LogP contribution in [0.2, 0.25) is 0 Å². The summed E-state index contributed by atoms with van der Waals surface area (Å²) < 4.78 is 54.6. The first-order chi connectivity index (χ1) is 14.0. The first-order valence-corrected chi connectivity index (χ1v) is 10.4. The fourth-order valence-electron chi connectivity index (χ4n) is 4.01. The van der Waals surface area contributed by atoms with Gasteiger partial charge in [-0.1, -0.05) is 31.3 Å². The quantitative estimate of drug-likeness (QED) is 0.374. The molecule has 29 heavy (non-hydrogen) atoms. The van der Waals surface area contributed by atoms with Crippen LogP contribution in [-0.4, -0.2) is 0 Å². The Labute approximate surface area is 170 Å². The van der Waals surface area contributed by atoms with Gasteiger partial charge < -0.3 is 0 Å². The molecule has 2 aromatic carbocycles. The van der Waals surface area contributed by atoms with Crippen molar-refractivity contribution in [1.29, 1.82) is 0 Å². The molecule has 0 aliphatic heterocycles. The predicted molar refractivity (Wildman–Crippen MR) is 107 cm³/mol. The summed E-state index contributed by atoms with van der Waals surface area (Å²) in [5, 5.41) is 0. The predicted octanol–water partition coefficient (Wildman–Crippen LogP) is 6.99. The van der Waals surface area contributed by atoms with Gasteiger partial charge in [-0.05, 0) is 86.3 Å². The van der Waals surface area contributed by atoms with Crippen LogP contribution in [0.25, 0.3) is 0 Å². The average Bonchev–Trinajstić information content (AvgIpc) is 2.69. The Balaban J connectivity index is 1.52. The third-order valence-corrected chi connectivity index (χ3v) is 5.71. The molecule has 0 unspecified atom stereocenters. The molecule has 2 aromatic rings. The third-order valence-electron chi connectivity index (χ3n) is 5.71. The zero-order chi connectivity index (χ0) is 20.8. The van der Waals surface area contributed by atoms with Gasteiger partial charge in [-0.3, -0.25) is 0 Å². The molecule has 1 aliphatic carbocycles. The van der Waals surface area contributed by atoms with Crippen molar-refractivity contribution < 1.29 is 17.6 Å². The Morgan fingerprint density at radius 2 is 1.45 bits per heavy atom. The lowest BCUT2D eigenvalue weighted by molar-refractivity contribution is 0.301. The van der Waals surface area contributed by atoms with Crippen molar-refractivity contribution in [2.24, 2.45) is 11.8 Å². The maximum atomic E-state index is 14.2. The fourth-order valence-corrected chi connectivity index (χ4v) is 4.01. The van der Waals surface area contributed by atoms with Crippen molar-refractivity contribution in [3.8, 4) is 11.8 Å². The summed E-state index contributed by atoms with van der Waals surface area (Å²) in [6, 6.07) is 6.83. The molecule has 0 bridgehead atoms. The minimum Gasteiger partial charge on any atom is -0.206 e. The molecule has 0 heterocycles. The summed E-state index contributed by atoms with van der Waals surface area (Å²) in [5.41, 5.74) is 1.34. The second-order valence-electron chi connectivity index (χ2n) is 7.96. The van der Waals surface area contributed by atoms with Crippen LogP contribution in [-0.2, 0) is 12.8 Å². The highest BCUT2D eigenvalue weighted by Crippen LogP contribution is 2.31. The van der Waals surface area contributed by atoms with Gasteiger partial charge in [0.25, 0.3) is 0 Å². The minimum absolute atomic E-state index is 0.134. The van der Waals surface area contributed by atoms with E-state index in [4.69, 9.17) is 0 Å². The molecule has 0 amide bonds. The first kappa shape index (κ1) is 21.4. The molecule has 0 nitrogen and oxygen atoms in total. The van der Waals surface area contributed by atoms with Gasteiger partial charge in [-0.25, -0.2) is 17.6 Å². The molecule has 0 spiro atoms. The van der Waals surface area contributed by atoms with Crippen LogP contribution in [0.1, 0.15) is 62.1 Å². The van der Waals surface area contributed by atoms with Gasteiger partial charge in [0, 0.05) is 5.92 Å². The van der Waals surface area contributed by atoms with E-state index < -0.39 is 23.3 Å². The lowest BCUT2D eigenvalue weighted by atomic mass is 9.79. The Kier molecular flexibility index (Phi) is 7.36. The number of benzene rings is 2. The lowest BCUT2D eigenvalue weighted by Crippen LogP contribution is -2.14. The van der Waals surface area contributed by atoms with Gasteiger partial charge in [-0.2, -0.15) is 0 Å². The zero-order valence-corrected chi connectivity index (χ0v) is 16.7. The summed E-state index contributed by atoms with van der Waals surface area (Å²) in [5.74, 6) is 3.66. The molecule has 1 saturated carbocycles. The molecule has 0 saturated heterocycles. The normalized spacial score (nSPS) is 18.9. The van der Waals surface area contributed by atoms with E-state index in [2.05, 4.69) is 11.8 Å². The molecule has 154 valence electrons. The minimum atomic E-state index is -0.819. The smallest absolute Gasteiger partial charge is 0.159 e. The summed E-state index contributed by atoms with van der Waals surface area (Å²) in [4.78, 5) is 0. The zero-order valence-electron chi connectivity index (χ0n) is 16.7. The highest BCUT2D eigenvalue weighted by Gasteiger charge is 2.20. The van der Waals surface area contributed by atoms with Gasteiger partial charge >= 0.3 is 0 Å². The molecule has 0 atom stereocenters. The fraction of sp³-hybridized carbons (Fsp3) is 0.440.